The van der Waals surface area contributed by atoms with Gasteiger partial charge in [-0.1, -0.05) is 50.2 Å². The van der Waals surface area contributed by atoms with E-state index in [1.165, 1.54) is 11.9 Å². The summed E-state index contributed by atoms with van der Waals surface area (Å²) in [6, 6.07) is 22.0. The number of ether oxygens (including phenoxy) is 3. The third-order valence-corrected chi connectivity index (χ3v) is 11.1. The minimum absolute atomic E-state index is 0.0182. The van der Waals surface area contributed by atoms with E-state index in [0.717, 1.165) is 16.5 Å². The van der Waals surface area contributed by atoms with Gasteiger partial charge >= 0.3 is 6.09 Å². The molecule has 7 atom stereocenters. The molecule has 2 aliphatic rings. The minimum Gasteiger partial charge on any atom is -0.461 e. The Morgan fingerprint density at radius 2 is 1.72 bits per heavy atom. The fourth-order valence-electron chi connectivity index (χ4n) is 7.71. The Bertz CT molecular complexity index is 2320. The lowest BCUT2D eigenvalue weighted by Crippen LogP contribution is -2.60. The Morgan fingerprint density at radius 1 is 1.00 bits per heavy atom. The number of rotatable bonds is 11. The molecule has 1 fully saturated rings. The number of aromatic nitrogens is 1. The van der Waals surface area contributed by atoms with Crippen LogP contribution in [-0.4, -0.2) is 111 Å². The van der Waals surface area contributed by atoms with Crippen molar-refractivity contribution in [2.24, 2.45) is 5.92 Å². The highest BCUT2D eigenvalue weighted by Crippen LogP contribution is 2.46. The molecule has 1 saturated heterocycles. The molecule has 4 aromatic carbocycles. The fraction of sp³-hybridized carbons (Fsp3) is 0.357. The summed E-state index contributed by atoms with van der Waals surface area (Å²) in [6.45, 7) is 3.32. The van der Waals surface area contributed by atoms with Crippen LogP contribution in [-0.2, 0) is 20.9 Å². The van der Waals surface area contributed by atoms with Crippen molar-refractivity contribution in [1.82, 2.24) is 9.88 Å². The number of nitrogens with two attached hydrogens (primary N) is 1. The third-order valence-electron chi connectivity index (χ3n) is 10.7. The van der Waals surface area contributed by atoms with Crippen molar-refractivity contribution in [2.45, 2.75) is 63.1 Å². The number of aromatic amines is 1. The van der Waals surface area contributed by atoms with Crippen LogP contribution < -0.4 is 20.7 Å². The van der Waals surface area contributed by atoms with E-state index in [1.54, 1.807) is 59.5 Å². The van der Waals surface area contributed by atoms with Crippen molar-refractivity contribution in [3.63, 3.8) is 0 Å². The minimum atomic E-state index is -1.64. The van der Waals surface area contributed by atoms with Crippen molar-refractivity contribution >= 4 is 68.2 Å². The first-order chi connectivity index (χ1) is 27.8. The van der Waals surface area contributed by atoms with Crippen LogP contribution in [0.25, 0.3) is 21.7 Å². The lowest BCUT2D eigenvalue weighted by atomic mass is 9.95. The third kappa shape index (κ3) is 7.88. The molecule has 0 aliphatic carbocycles. The number of nitrogens with one attached hydrogen (secondary N) is 2. The first kappa shape index (κ1) is 40.8. The van der Waals surface area contributed by atoms with Gasteiger partial charge in [-0.25, -0.2) is 4.79 Å². The molecule has 0 radical (unpaired) electrons. The first-order valence-electron chi connectivity index (χ1n) is 18.9. The number of alkyl halides is 1. The van der Waals surface area contributed by atoms with Gasteiger partial charge in [-0.15, -0.1) is 11.6 Å². The number of fused-ring (bicyclic) bond motifs is 4. The van der Waals surface area contributed by atoms with Gasteiger partial charge in [-0.05, 0) is 58.8 Å². The molecule has 3 heterocycles. The van der Waals surface area contributed by atoms with E-state index in [1.807, 2.05) is 38.1 Å². The van der Waals surface area contributed by atoms with Crippen LogP contribution in [0.5, 0.6) is 5.75 Å². The topological polar surface area (TPSA) is 220 Å². The van der Waals surface area contributed by atoms with Crippen molar-refractivity contribution in [3.8, 4) is 5.75 Å². The molecular weight excluding hydrogens is 770 g/mol. The molecule has 15 nitrogen and oxygen atoms in total. The lowest BCUT2D eigenvalue weighted by Gasteiger charge is -2.39. The summed E-state index contributed by atoms with van der Waals surface area (Å²) in [5.74, 6) is -0.804. The van der Waals surface area contributed by atoms with Crippen LogP contribution in [0.15, 0.2) is 78.9 Å². The smallest absolute Gasteiger partial charge is 0.410 e. The summed E-state index contributed by atoms with van der Waals surface area (Å²) in [5, 5.41) is 46.1. The second-order valence-electron chi connectivity index (χ2n) is 15.0. The van der Waals surface area contributed by atoms with Crippen LogP contribution in [0.1, 0.15) is 41.4 Å². The van der Waals surface area contributed by atoms with Crippen LogP contribution >= 0.6 is 11.6 Å². The monoisotopic (exact) mass is 815 g/mol. The second kappa shape index (κ2) is 16.8. The maximum atomic E-state index is 14.3. The summed E-state index contributed by atoms with van der Waals surface area (Å²) >= 11 is 6.50. The molecule has 0 bridgehead atoms. The van der Waals surface area contributed by atoms with E-state index < -0.39 is 55.4 Å². The molecule has 1 aromatic heterocycles. The normalized spacial score (nSPS) is 22.2. The number of aliphatic hydroxyl groups is 4. The molecule has 306 valence electrons. The molecule has 16 heteroatoms. The van der Waals surface area contributed by atoms with E-state index in [9.17, 15) is 34.8 Å². The number of benzene rings is 4. The Morgan fingerprint density at radius 3 is 2.41 bits per heavy atom. The number of hydrogen-bond donors (Lipinski definition) is 7. The molecule has 0 spiro atoms. The largest absolute Gasteiger partial charge is 0.461 e. The summed E-state index contributed by atoms with van der Waals surface area (Å²) < 4.78 is 17.3. The predicted molar refractivity (Wildman–Crippen MR) is 218 cm³/mol. The number of anilines is 3. The zero-order valence-electron chi connectivity index (χ0n) is 32.0. The number of amides is 3. The van der Waals surface area contributed by atoms with E-state index >= 15 is 0 Å². The zero-order chi connectivity index (χ0) is 41.4. The van der Waals surface area contributed by atoms with Crippen LogP contribution in [0.3, 0.4) is 0 Å². The molecule has 8 N–H and O–H groups in total. The molecule has 58 heavy (non-hydrogen) atoms. The summed E-state index contributed by atoms with van der Waals surface area (Å²) in [7, 11) is 1.52. The first-order valence-corrected chi connectivity index (χ1v) is 19.4. The summed E-state index contributed by atoms with van der Waals surface area (Å²) in [6.07, 6.45) is -8.11. The highest BCUT2D eigenvalue weighted by Gasteiger charge is 2.45. The van der Waals surface area contributed by atoms with Gasteiger partial charge in [0.1, 0.15) is 48.5 Å². The fourth-order valence-corrected chi connectivity index (χ4v) is 7.96. The van der Waals surface area contributed by atoms with Crippen molar-refractivity contribution in [3.05, 3.63) is 95.7 Å². The van der Waals surface area contributed by atoms with E-state index in [0.29, 0.717) is 33.4 Å². The summed E-state index contributed by atoms with van der Waals surface area (Å²) in [5.41, 5.74) is 9.82. The molecule has 2 aliphatic heterocycles. The van der Waals surface area contributed by atoms with E-state index in [4.69, 9.17) is 31.5 Å². The number of likely N-dealkylation sites (N-methyl/N-ethyl adjacent to an activating group) is 1. The van der Waals surface area contributed by atoms with Crippen LogP contribution in [0, 0.1) is 5.92 Å². The SMILES string of the molecule is CC(C)C(C(=O)Nc1ccc2[nH]c(C(=O)N3CC(CCl)c4c3cc(OC3OC(CO)C(O)C(O)C3O)c3ccccc43)cc2c1)N(C)C(=O)OCc1ccc(N)cc1. The number of carbonyl (C=O) groups is 3. The van der Waals surface area contributed by atoms with Gasteiger partial charge in [0.2, 0.25) is 12.2 Å². The molecule has 7 unspecified atom stereocenters. The predicted octanol–water partition coefficient (Wildman–Crippen LogP) is 4.30. The molecule has 7 rings (SSSR count). The number of hydrogen-bond acceptors (Lipinski definition) is 11. The highest BCUT2D eigenvalue weighted by atomic mass is 35.5. The van der Waals surface area contributed by atoms with Gasteiger partial charge < -0.3 is 55.6 Å². The Kier molecular flexibility index (Phi) is 11.8. The van der Waals surface area contributed by atoms with Crippen molar-refractivity contribution in [2.75, 3.05) is 42.0 Å². The van der Waals surface area contributed by atoms with Gasteiger partial charge in [0.15, 0.2) is 0 Å². The van der Waals surface area contributed by atoms with Gasteiger partial charge in [0.05, 0.1) is 12.3 Å². The van der Waals surface area contributed by atoms with Crippen LogP contribution in [0.4, 0.5) is 21.9 Å². The van der Waals surface area contributed by atoms with Gasteiger partial charge in [0, 0.05) is 59.1 Å². The standard InChI is InChI=1S/C42H46ClN5O10/c1-21(2)35(47(3)42(55)56-20-22-8-10-25(44)11-9-22)39(53)45-26-12-13-29-23(14-26)15-30(46-29)40(54)48-18-24(17-43)34-28-7-5-4-6-27(28)32(16-31(34)48)57-41-38(52)37(51)36(50)33(19-49)58-41/h4-16,21,24,33,35-38,41,46,49-52H,17-20,44H2,1-3H3,(H,45,53). The number of aliphatic hydroxyl groups excluding tert-OH is 4. The quantitative estimate of drug-likeness (QED) is 0.0737. The lowest BCUT2D eigenvalue weighted by molar-refractivity contribution is -0.277. The Balaban J connectivity index is 1.11. The van der Waals surface area contributed by atoms with Crippen molar-refractivity contribution in [1.29, 1.82) is 0 Å². The zero-order valence-corrected chi connectivity index (χ0v) is 32.8. The molecule has 0 saturated carbocycles. The maximum Gasteiger partial charge on any atom is 0.410 e. The van der Waals surface area contributed by atoms with Gasteiger partial charge in [0.25, 0.3) is 5.91 Å². The average Bonchev–Trinajstić information content (AvgIpc) is 3.82. The van der Waals surface area contributed by atoms with Crippen molar-refractivity contribution < 1.29 is 49.0 Å². The number of nitrogen functional groups attached to an aromatic ring is 1. The van der Waals surface area contributed by atoms with Gasteiger partial charge in [-0.2, -0.15) is 0 Å². The van der Waals surface area contributed by atoms with Crippen LogP contribution in [0.2, 0.25) is 0 Å². The Labute approximate surface area is 338 Å². The average molecular weight is 816 g/mol. The van der Waals surface area contributed by atoms with E-state index in [2.05, 4.69) is 10.3 Å². The number of nitrogens with zero attached hydrogens (tertiary/aromatic N) is 2. The number of carbonyl (C=O) groups excluding carboxylic acids is 3. The highest BCUT2D eigenvalue weighted by molar-refractivity contribution is 6.19. The number of halogens is 1. The van der Waals surface area contributed by atoms with E-state index in [-0.39, 0.29) is 48.2 Å². The van der Waals surface area contributed by atoms with Gasteiger partial charge in [-0.3, -0.25) is 14.5 Å². The number of H-pyrrole nitrogens is 1. The molecule has 5 aromatic rings. The molecular formula is C42H46ClN5O10. The Hall–Kier alpha value is -5.42. The molecule has 3 amide bonds. The maximum absolute atomic E-state index is 14.3. The summed E-state index contributed by atoms with van der Waals surface area (Å²) in [4.78, 5) is 47.0. The second-order valence-corrected chi connectivity index (χ2v) is 15.3.